The van der Waals surface area contributed by atoms with E-state index in [1.807, 2.05) is 31.2 Å². The minimum Gasteiger partial charge on any atom is -0.493 e. The zero-order valence-electron chi connectivity index (χ0n) is 16.8. The SMILES string of the molecule is COc1ccc(S(=O)(=O)N2CCCC(C(=O)Nc3ccc(C)cc3)C2)cc1OC. The molecule has 0 bridgehead atoms. The van der Waals surface area contributed by atoms with E-state index in [4.69, 9.17) is 9.47 Å². The summed E-state index contributed by atoms with van der Waals surface area (Å²) in [7, 11) is -0.794. The van der Waals surface area contributed by atoms with Crippen LogP contribution in [0.1, 0.15) is 18.4 Å². The van der Waals surface area contributed by atoms with Gasteiger partial charge in [0, 0.05) is 24.8 Å². The molecule has 7 nitrogen and oxygen atoms in total. The van der Waals surface area contributed by atoms with Crippen molar-refractivity contribution in [1.29, 1.82) is 0 Å². The summed E-state index contributed by atoms with van der Waals surface area (Å²) < 4.78 is 38.0. The first-order chi connectivity index (χ1) is 13.8. The Kier molecular flexibility index (Phi) is 6.44. The van der Waals surface area contributed by atoms with E-state index >= 15 is 0 Å². The molecule has 156 valence electrons. The highest BCUT2D eigenvalue weighted by molar-refractivity contribution is 7.89. The van der Waals surface area contributed by atoms with Crippen molar-refractivity contribution in [3.05, 3.63) is 48.0 Å². The molecule has 29 heavy (non-hydrogen) atoms. The molecule has 1 heterocycles. The number of ether oxygens (including phenoxy) is 2. The molecule has 0 spiro atoms. The molecule has 0 saturated carbocycles. The van der Waals surface area contributed by atoms with Crippen molar-refractivity contribution in [2.24, 2.45) is 5.92 Å². The van der Waals surface area contributed by atoms with Crippen LogP contribution in [0, 0.1) is 12.8 Å². The molecular weight excluding hydrogens is 392 g/mol. The highest BCUT2D eigenvalue weighted by atomic mass is 32.2. The van der Waals surface area contributed by atoms with Gasteiger partial charge in [0.25, 0.3) is 0 Å². The molecule has 1 aliphatic heterocycles. The van der Waals surface area contributed by atoms with Crippen molar-refractivity contribution < 1.29 is 22.7 Å². The fourth-order valence-corrected chi connectivity index (χ4v) is 4.92. The fraction of sp³-hybridized carbons (Fsp3) is 0.381. The largest absolute Gasteiger partial charge is 0.493 e. The fourth-order valence-electron chi connectivity index (χ4n) is 3.38. The maximum Gasteiger partial charge on any atom is 0.243 e. The van der Waals surface area contributed by atoms with Gasteiger partial charge in [0.15, 0.2) is 11.5 Å². The van der Waals surface area contributed by atoms with Gasteiger partial charge >= 0.3 is 0 Å². The molecule has 1 N–H and O–H groups in total. The van der Waals surface area contributed by atoms with Gasteiger partial charge in [0.05, 0.1) is 25.0 Å². The van der Waals surface area contributed by atoms with Gasteiger partial charge in [-0.15, -0.1) is 0 Å². The Balaban J connectivity index is 1.75. The third kappa shape index (κ3) is 4.71. The molecule has 1 saturated heterocycles. The van der Waals surface area contributed by atoms with E-state index in [9.17, 15) is 13.2 Å². The molecule has 3 rings (SSSR count). The first kappa shape index (κ1) is 21.1. The van der Waals surface area contributed by atoms with Gasteiger partial charge in [-0.1, -0.05) is 17.7 Å². The lowest BCUT2D eigenvalue weighted by Gasteiger charge is -2.31. The summed E-state index contributed by atoms with van der Waals surface area (Å²) in [4.78, 5) is 12.8. The summed E-state index contributed by atoms with van der Waals surface area (Å²) in [6.07, 6.45) is 1.27. The highest BCUT2D eigenvalue weighted by Crippen LogP contribution is 2.32. The molecule has 0 aliphatic carbocycles. The van der Waals surface area contributed by atoms with E-state index in [0.717, 1.165) is 5.56 Å². The summed E-state index contributed by atoms with van der Waals surface area (Å²) in [5.74, 6) is 0.237. The number of hydrogen-bond donors (Lipinski definition) is 1. The molecule has 2 aromatic rings. The van der Waals surface area contributed by atoms with Crippen molar-refractivity contribution in [3.8, 4) is 11.5 Å². The van der Waals surface area contributed by atoms with Crippen LogP contribution >= 0.6 is 0 Å². The van der Waals surface area contributed by atoms with Gasteiger partial charge in [0.1, 0.15) is 0 Å². The molecular formula is C21H26N2O5S. The second-order valence-electron chi connectivity index (χ2n) is 7.07. The maximum atomic E-state index is 13.1. The Morgan fingerprint density at radius 3 is 2.41 bits per heavy atom. The lowest BCUT2D eigenvalue weighted by Crippen LogP contribution is -2.43. The third-order valence-corrected chi connectivity index (χ3v) is 6.93. The van der Waals surface area contributed by atoms with Gasteiger partial charge in [-0.05, 0) is 44.0 Å². The van der Waals surface area contributed by atoms with E-state index in [0.29, 0.717) is 36.6 Å². The second kappa shape index (κ2) is 8.84. The van der Waals surface area contributed by atoms with Crippen molar-refractivity contribution in [2.75, 3.05) is 32.6 Å². The van der Waals surface area contributed by atoms with E-state index in [2.05, 4.69) is 5.32 Å². The molecule has 1 fully saturated rings. The lowest BCUT2D eigenvalue weighted by molar-refractivity contribution is -0.120. The lowest BCUT2D eigenvalue weighted by atomic mass is 9.98. The van der Waals surface area contributed by atoms with Crippen LogP contribution in [0.3, 0.4) is 0 Å². The van der Waals surface area contributed by atoms with Gasteiger partial charge in [-0.25, -0.2) is 8.42 Å². The monoisotopic (exact) mass is 418 g/mol. The average Bonchev–Trinajstić information content (AvgIpc) is 2.74. The summed E-state index contributed by atoms with van der Waals surface area (Å²) in [5, 5.41) is 2.89. The van der Waals surface area contributed by atoms with Crippen LogP contribution in [0.5, 0.6) is 11.5 Å². The Bertz CT molecular complexity index is 973. The first-order valence-corrected chi connectivity index (χ1v) is 10.9. The molecule has 1 unspecified atom stereocenters. The number of piperidine rings is 1. The van der Waals surface area contributed by atoms with Crippen molar-refractivity contribution in [1.82, 2.24) is 4.31 Å². The van der Waals surface area contributed by atoms with Crippen LogP contribution in [0.2, 0.25) is 0 Å². The van der Waals surface area contributed by atoms with Gasteiger partial charge < -0.3 is 14.8 Å². The van der Waals surface area contributed by atoms with E-state index in [1.165, 1.54) is 30.7 Å². The maximum absolute atomic E-state index is 13.1. The van der Waals surface area contributed by atoms with Crippen LogP contribution < -0.4 is 14.8 Å². The second-order valence-corrected chi connectivity index (χ2v) is 9.01. The molecule has 8 heteroatoms. The Labute approximate surface area is 171 Å². The van der Waals surface area contributed by atoms with Crippen molar-refractivity contribution in [2.45, 2.75) is 24.7 Å². The van der Waals surface area contributed by atoms with E-state index in [1.54, 1.807) is 6.07 Å². The predicted molar refractivity (Wildman–Crippen MR) is 111 cm³/mol. The smallest absolute Gasteiger partial charge is 0.243 e. The number of anilines is 1. The molecule has 2 aromatic carbocycles. The summed E-state index contributed by atoms with van der Waals surface area (Å²) >= 11 is 0. The number of nitrogens with one attached hydrogen (secondary N) is 1. The molecule has 1 amide bonds. The van der Waals surface area contributed by atoms with Crippen LogP contribution in [-0.2, 0) is 14.8 Å². The Morgan fingerprint density at radius 1 is 1.07 bits per heavy atom. The van der Waals surface area contributed by atoms with Gasteiger partial charge in [-0.3, -0.25) is 4.79 Å². The molecule has 1 aliphatic rings. The number of carbonyl (C=O) groups is 1. The van der Waals surface area contributed by atoms with Gasteiger partial charge in [-0.2, -0.15) is 4.31 Å². The highest BCUT2D eigenvalue weighted by Gasteiger charge is 2.33. The number of aryl methyl sites for hydroxylation is 1. The number of sulfonamides is 1. The zero-order chi connectivity index (χ0) is 21.0. The number of amides is 1. The summed E-state index contributed by atoms with van der Waals surface area (Å²) in [5.41, 5.74) is 1.81. The molecule has 1 atom stereocenters. The minimum atomic E-state index is -3.75. The van der Waals surface area contributed by atoms with Crippen LogP contribution in [0.15, 0.2) is 47.4 Å². The standard InChI is InChI=1S/C21H26N2O5S/c1-15-6-8-17(9-7-15)22-21(24)16-5-4-12-23(14-16)29(25,26)18-10-11-19(27-2)20(13-18)28-3/h6-11,13,16H,4-5,12,14H2,1-3H3,(H,22,24). The average molecular weight is 419 g/mol. The third-order valence-electron chi connectivity index (χ3n) is 5.07. The number of rotatable bonds is 6. The van der Waals surface area contributed by atoms with Crippen LogP contribution in [-0.4, -0.2) is 45.9 Å². The number of nitrogens with zero attached hydrogens (tertiary/aromatic N) is 1. The van der Waals surface area contributed by atoms with E-state index in [-0.39, 0.29) is 17.3 Å². The number of methoxy groups -OCH3 is 2. The summed E-state index contributed by atoms with van der Waals surface area (Å²) in [6, 6.07) is 12.0. The quantitative estimate of drug-likeness (QED) is 0.779. The molecule has 0 radical (unpaired) electrons. The van der Waals surface area contributed by atoms with Crippen molar-refractivity contribution >= 4 is 21.6 Å². The normalized spacial score (nSPS) is 17.6. The number of benzene rings is 2. The summed E-state index contributed by atoms with van der Waals surface area (Å²) in [6.45, 7) is 2.50. The topological polar surface area (TPSA) is 84.9 Å². The molecule has 0 aromatic heterocycles. The van der Waals surface area contributed by atoms with E-state index < -0.39 is 15.9 Å². The zero-order valence-corrected chi connectivity index (χ0v) is 17.7. The minimum absolute atomic E-state index is 0.120. The van der Waals surface area contributed by atoms with Crippen LogP contribution in [0.25, 0.3) is 0 Å². The number of carbonyl (C=O) groups excluding carboxylic acids is 1. The van der Waals surface area contributed by atoms with Gasteiger partial charge in [0.2, 0.25) is 15.9 Å². The predicted octanol–water partition coefficient (Wildman–Crippen LogP) is 3.05. The first-order valence-electron chi connectivity index (χ1n) is 9.45. The van der Waals surface area contributed by atoms with Crippen LogP contribution in [0.4, 0.5) is 5.69 Å². The Morgan fingerprint density at radius 2 is 1.76 bits per heavy atom. The Hall–Kier alpha value is -2.58. The number of hydrogen-bond acceptors (Lipinski definition) is 5. The van der Waals surface area contributed by atoms with Crippen molar-refractivity contribution in [3.63, 3.8) is 0 Å².